The van der Waals surface area contributed by atoms with Crippen molar-refractivity contribution in [2.75, 3.05) is 13.1 Å². The number of hydrogen-bond acceptors (Lipinski definition) is 7. The highest BCUT2D eigenvalue weighted by Crippen LogP contribution is 2.28. The van der Waals surface area contributed by atoms with Gasteiger partial charge in [0.05, 0.1) is 25.5 Å². The second-order valence-corrected chi connectivity index (χ2v) is 9.39. The quantitative estimate of drug-likeness (QED) is 0.770. The molecule has 0 bridgehead atoms. The number of nitrogens with zero attached hydrogens (tertiary/aromatic N) is 3. The molecule has 3 heterocycles. The number of amides is 1. The Labute approximate surface area is 160 Å². The minimum Gasteiger partial charge on any atom is -0.459 e. The number of sulfonamides is 1. The largest absolute Gasteiger partial charge is 0.459 e. The molecule has 0 spiro atoms. The fourth-order valence-electron chi connectivity index (χ4n) is 2.66. The van der Waals surface area contributed by atoms with Gasteiger partial charge in [-0.3, -0.25) is 4.79 Å². The van der Waals surface area contributed by atoms with E-state index in [1.54, 1.807) is 12.1 Å². The predicted molar refractivity (Wildman–Crippen MR) is 96.2 cm³/mol. The van der Waals surface area contributed by atoms with Crippen LogP contribution in [-0.2, 0) is 21.4 Å². The highest BCUT2D eigenvalue weighted by atomic mass is 32.2. The molecular formula is C16H19FN4O4S2. The molecular weight excluding hydrogens is 395 g/mol. The molecule has 27 heavy (non-hydrogen) atoms. The van der Waals surface area contributed by atoms with Gasteiger partial charge in [-0.05, 0) is 25.0 Å². The van der Waals surface area contributed by atoms with E-state index in [-0.39, 0.29) is 22.7 Å². The van der Waals surface area contributed by atoms with E-state index in [9.17, 15) is 17.6 Å². The molecule has 1 aliphatic rings. The molecule has 1 fully saturated rings. The lowest BCUT2D eigenvalue weighted by Crippen LogP contribution is -2.44. The summed E-state index contributed by atoms with van der Waals surface area (Å²) >= 11 is 1.13. The molecule has 3 rings (SSSR count). The van der Waals surface area contributed by atoms with Crippen LogP contribution in [0.25, 0.3) is 0 Å². The first-order valence-electron chi connectivity index (χ1n) is 8.32. The molecule has 1 N–H and O–H groups in total. The second-order valence-electron chi connectivity index (χ2n) is 6.06. The van der Waals surface area contributed by atoms with Crippen LogP contribution in [0.4, 0.5) is 4.39 Å². The van der Waals surface area contributed by atoms with Crippen LogP contribution in [0.2, 0.25) is 0 Å². The number of piperidine rings is 1. The van der Waals surface area contributed by atoms with Crippen LogP contribution < -0.4 is 10.1 Å². The summed E-state index contributed by atoms with van der Waals surface area (Å²) in [6.45, 7) is 2.26. The first kappa shape index (κ1) is 19.6. The van der Waals surface area contributed by atoms with Gasteiger partial charge in [-0.2, -0.15) is 4.31 Å². The third-order valence-electron chi connectivity index (χ3n) is 3.95. The topological polar surface area (TPSA) is 101 Å². The van der Waals surface area contributed by atoms with E-state index in [1.807, 2.05) is 0 Å². The minimum atomic E-state index is -3.65. The van der Waals surface area contributed by atoms with Crippen molar-refractivity contribution in [1.29, 1.82) is 0 Å². The van der Waals surface area contributed by atoms with Gasteiger partial charge < -0.3 is 10.1 Å². The molecule has 1 unspecified atom stereocenters. The fourth-order valence-corrected chi connectivity index (χ4v) is 5.62. The number of nitrogens with one attached hydrogen (secondary N) is 1. The van der Waals surface area contributed by atoms with Crippen LogP contribution in [-0.4, -0.2) is 47.8 Å². The van der Waals surface area contributed by atoms with Crippen LogP contribution in [0.3, 0.4) is 0 Å². The summed E-state index contributed by atoms with van der Waals surface area (Å²) in [7, 11) is -3.65. The van der Waals surface area contributed by atoms with Gasteiger partial charge in [-0.25, -0.2) is 22.8 Å². The van der Waals surface area contributed by atoms with Gasteiger partial charge in [-0.15, -0.1) is 11.3 Å². The number of carbonyl (C=O) groups excluding carboxylic acids is 1. The zero-order valence-corrected chi connectivity index (χ0v) is 16.2. The van der Waals surface area contributed by atoms with Crippen LogP contribution in [0.5, 0.6) is 6.01 Å². The Morgan fingerprint density at radius 1 is 1.41 bits per heavy atom. The molecule has 0 aliphatic carbocycles. The van der Waals surface area contributed by atoms with Crippen LogP contribution in [0.15, 0.2) is 28.7 Å². The molecule has 1 aliphatic heterocycles. The summed E-state index contributed by atoms with van der Waals surface area (Å²) in [5, 5.41) is 2.65. The van der Waals surface area contributed by atoms with E-state index < -0.39 is 21.9 Å². The van der Waals surface area contributed by atoms with Crippen molar-refractivity contribution >= 4 is 27.3 Å². The molecule has 0 aromatic carbocycles. The number of aromatic nitrogens is 2. The van der Waals surface area contributed by atoms with Gasteiger partial charge in [0.1, 0.15) is 10.3 Å². The van der Waals surface area contributed by atoms with Crippen LogP contribution in [0.1, 0.15) is 24.6 Å². The SMILES string of the molecule is CC(=O)NCc1ccc(S(=O)(=O)N2CCCC(Oc3ncc(F)cn3)C2)s1. The lowest BCUT2D eigenvalue weighted by Gasteiger charge is -2.31. The van der Waals surface area contributed by atoms with Crippen molar-refractivity contribution in [2.45, 2.75) is 36.6 Å². The maximum Gasteiger partial charge on any atom is 0.316 e. The molecule has 2 aromatic rings. The number of rotatable bonds is 6. The first-order valence-corrected chi connectivity index (χ1v) is 10.6. The summed E-state index contributed by atoms with van der Waals surface area (Å²) in [4.78, 5) is 19.2. The lowest BCUT2D eigenvalue weighted by molar-refractivity contribution is -0.119. The van der Waals surface area contributed by atoms with Crippen molar-refractivity contribution in [1.82, 2.24) is 19.6 Å². The van der Waals surface area contributed by atoms with Crippen molar-refractivity contribution in [3.63, 3.8) is 0 Å². The fraction of sp³-hybridized carbons (Fsp3) is 0.438. The molecule has 2 aromatic heterocycles. The van der Waals surface area contributed by atoms with Gasteiger partial charge in [0.25, 0.3) is 10.0 Å². The summed E-state index contributed by atoms with van der Waals surface area (Å²) in [6.07, 6.45) is 2.89. The van der Waals surface area contributed by atoms with E-state index in [4.69, 9.17) is 4.74 Å². The van der Waals surface area contributed by atoms with E-state index in [0.717, 1.165) is 28.6 Å². The van der Waals surface area contributed by atoms with Gasteiger partial charge in [-0.1, -0.05) is 0 Å². The van der Waals surface area contributed by atoms with Gasteiger partial charge in [0, 0.05) is 18.3 Å². The molecule has 11 heteroatoms. The third-order valence-corrected chi connectivity index (χ3v) is 7.37. The summed E-state index contributed by atoms with van der Waals surface area (Å²) in [5.74, 6) is -0.741. The maximum absolute atomic E-state index is 12.9. The standard InChI is InChI=1S/C16H19FN4O4S2/c1-11(22)18-9-14-4-5-15(26-14)27(23,24)21-6-2-3-13(10-21)25-16-19-7-12(17)8-20-16/h4-5,7-8,13H,2-3,6,9-10H2,1H3,(H,18,22). The van der Waals surface area contributed by atoms with E-state index in [1.165, 1.54) is 11.2 Å². The second kappa shape index (κ2) is 8.28. The number of ether oxygens (including phenoxy) is 1. The highest BCUT2D eigenvalue weighted by Gasteiger charge is 2.32. The Bertz CT molecular complexity index is 901. The monoisotopic (exact) mass is 414 g/mol. The lowest BCUT2D eigenvalue weighted by atomic mass is 10.1. The molecule has 1 saturated heterocycles. The molecule has 0 saturated carbocycles. The Kier molecular flexibility index (Phi) is 6.02. The zero-order valence-electron chi connectivity index (χ0n) is 14.6. The normalized spacial score (nSPS) is 18.2. The highest BCUT2D eigenvalue weighted by molar-refractivity contribution is 7.91. The van der Waals surface area contributed by atoms with Crippen molar-refractivity contribution < 1.29 is 22.3 Å². The van der Waals surface area contributed by atoms with E-state index in [2.05, 4.69) is 15.3 Å². The average molecular weight is 414 g/mol. The van der Waals surface area contributed by atoms with Crippen LogP contribution >= 0.6 is 11.3 Å². The van der Waals surface area contributed by atoms with Crippen molar-refractivity contribution in [3.05, 3.63) is 35.2 Å². The summed E-state index contributed by atoms with van der Waals surface area (Å²) in [6, 6.07) is 3.26. The minimum absolute atomic E-state index is 0.0226. The van der Waals surface area contributed by atoms with Gasteiger partial charge in [0.15, 0.2) is 5.82 Å². The number of thiophene rings is 1. The van der Waals surface area contributed by atoms with Crippen molar-refractivity contribution in [3.8, 4) is 6.01 Å². The first-order chi connectivity index (χ1) is 12.8. The number of halogens is 1. The summed E-state index contributed by atoms with van der Waals surface area (Å²) in [5.41, 5.74) is 0. The van der Waals surface area contributed by atoms with E-state index >= 15 is 0 Å². The average Bonchev–Trinajstić information content (AvgIpc) is 3.12. The Morgan fingerprint density at radius 3 is 2.85 bits per heavy atom. The smallest absolute Gasteiger partial charge is 0.316 e. The molecule has 146 valence electrons. The maximum atomic E-state index is 12.9. The Hall–Kier alpha value is -2.11. The number of hydrogen-bond donors (Lipinski definition) is 1. The van der Waals surface area contributed by atoms with Crippen LogP contribution in [0, 0.1) is 5.82 Å². The zero-order chi connectivity index (χ0) is 19.4. The Morgan fingerprint density at radius 2 is 2.15 bits per heavy atom. The summed E-state index contributed by atoms with van der Waals surface area (Å²) < 4.78 is 45.9. The molecule has 0 radical (unpaired) electrons. The molecule has 1 amide bonds. The molecule has 1 atom stereocenters. The molecule has 8 nitrogen and oxygen atoms in total. The van der Waals surface area contributed by atoms with Crippen molar-refractivity contribution in [2.24, 2.45) is 0 Å². The number of carbonyl (C=O) groups is 1. The predicted octanol–water partition coefficient (Wildman–Crippen LogP) is 1.55. The van der Waals surface area contributed by atoms with E-state index in [0.29, 0.717) is 25.9 Å². The Balaban J connectivity index is 1.67. The van der Waals surface area contributed by atoms with Gasteiger partial charge >= 0.3 is 6.01 Å². The van der Waals surface area contributed by atoms with Gasteiger partial charge in [0.2, 0.25) is 5.91 Å². The third kappa shape index (κ3) is 4.99.